The van der Waals surface area contributed by atoms with Crippen molar-refractivity contribution < 1.29 is 4.79 Å². The zero-order valence-electron chi connectivity index (χ0n) is 14.9. The molecule has 2 aromatic rings. The molecule has 1 aliphatic carbocycles. The summed E-state index contributed by atoms with van der Waals surface area (Å²) in [5, 5.41) is 2.02. The lowest BCUT2D eigenvalue weighted by Crippen LogP contribution is -2.37. The maximum absolute atomic E-state index is 12.0. The fraction of sp³-hybridized carbons (Fsp3) is 0.450. The Morgan fingerprint density at radius 2 is 1.79 bits per heavy atom. The van der Waals surface area contributed by atoms with E-state index in [-0.39, 0.29) is 10.8 Å². The fourth-order valence-electron chi connectivity index (χ4n) is 3.60. The maximum atomic E-state index is 12.0. The molecule has 0 aliphatic heterocycles. The van der Waals surface area contributed by atoms with E-state index in [0.29, 0.717) is 6.54 Å². The van der Waals surface area contributed by atoms with E-state index in [2.05, 4.69) is 39.8 Å². The second kappa shape index (κ2) is 5.92. The van der Waals surface area contributed by atoms with E-state index < -0.39 is 6.03 Å². The van der Waals surface area contributed by atoms with Crippen LogP contribution in [0.4, 0.5) is 10.5 Å². The standard InChI is InChI=1S/C20H26N2OS/c1-19(2)9-10-20(3,4)17-12-14(7-8-16(17)19)22(18(21)23)13-15-6-5-11-24-15/h5-8,11-12H,9-10,13H2,1-4H3,(H2,21,23). The summed E-state index contributed by atoms with van der Waals surface area (Å²) in [6.45, 7) is 9.71. The van der Waals surface area contributed by atoms with Gasteiger partial charge in [-0.2, -0.15) is 0 Å². The third kappa shape index (κ3) is 3.07. The van der Waals surface area contributed by atoms with Crippen molar-refractivity contribution in [1.29, 1.82) is 0 Å². The van der Waals surface area contributed by atoms with Gasteiger partial charge in [0.05, 0.1) is 6.54 Å². The zero-order chi connectivity index (χ0) is 17.5. The van der Waals surface area contributed by atoms with Crippen LogP contribution < -0.4 is 10.6 Å². The van der Waals surface area contributed by atoms with Gasteiger partial charge in [-0.3, -0.25) is 4.90 Å². The van der Waals surface area contributed by atoms with Gasteiger partial charge in [0, 0.05) is 10.6 Å². The number of thiophene rings is 1. The second-order valence-electron chi connectivity index (χ2n) is 8.00. The van der Waals surface area contributed by atoms with Crippen LogP contribution in [-0.4, -0.2) is 6.03 Å². The van der Waals surface area contributed by atoms with E-state index in [1.807, 2.05) is 23.6 Å². The molecule has 0 atom stereocenters. The number of nitrogens with two attached hydrogens (primary N) is 1. The van der Waals surface area contributed by atoms with E-state index in [1.165, 1.54) is 17.5 Å². The maximum Gasteiger partial charge on any atom is 0.319 e. The molecule has 0 fully saturated rings. The smallest absolute Gasteiger partial charge is 0.319 e. The largest absolute Gasteiger partial charge is 0.351 e. The number of rotatable bonds is 3. The third-order valence-electron chi connectivity index (χ3n) is 5.31. The lowest BCUT2D eigenvalue weighted by molar-refractivity contribution is 0.253. The molecule has 2 amide bonds. The number of anilines is 1. The molecule has 1 aliphatic rings. The Kier molecular flexibility index (Phi) is 4.20. The van der Waals surface area contributed by atoms with Gasteiger partial charge in [0.25, 0.3) is 0 Å². The molecule has 4 heteroatoms. The highest BCUT2D eigenvalue weighted by atomic mass is 32.1. The number of benzene rings is 1. The van der Waals surface area contributed by atoms with Crippen LogP contribution in [0.3, 0.4) is 0 Å². The Labute approximate surface area is 148 Å². The van der Waals surface area contributed by atoms with E-state index in [4.69, 9.17) is 5.73 Å². The summed E-state index contributed by atoms with van der Waals surface area (Å²) in [7, 11) is 0. The first kappa shape index (κ1) is 17.0. The molecule has 1 aromatic carbocycles. The van der Waals surface area contributed by atoms with Crippen molar-refractivity contribution in [3.8, 4) is 0 Å². The summed E-state index contributed by atoms with van der Waals surface area (Å²) >= 11 is 1.64. The Hall–Kier alpha value is -1.81. The van der Waals surface area contributed by atoms with Gasteiger partial charge in [0.15, 0.2) is 0 Å². The van der Waals surface area contributed by atoms with E-state index in [1.54, 1.807) is 16.2 Å². The van der Waals surface area contributed by atoms with Crippen molar-refractivity contribution in [2.75, 3.05) is 4.90 Å². The molecule has 3 rings (SSSR count). The van der Waals surface area contributed by atoms with Gasteiger partial charge >= 0.3 is 6.03 Å². The minimum absolute atomic E-state index is 0.118. The Bertz CT molecular complexity index is 747. The highest BCUT2D eigenvalue weighted by Crippen LogP contribution is 2.46. The van der Waals surface area contributed by atoms with Gasteiger partial charge in [-0.05, 0) is 58.4 Å². The molecule has 1 aromatic heterocycles. The molecule has 3 nitrogen and oxygen atoms in total. The number of urea groups is 1. The fourth-order valence-corrected chi connectivity index (χ4v) is 4.29. The van der Waals surface area contributed by atoms with E-state index in [9.17, 15) is 4.79 Å². The van der Waals surface area contributed by atoms with Crippen LogP contribution in [0.2, 0.25) is 0 Å². The summed E-state index contributed by atoms with van der Waals surface area (Å²) in [6.07, 6.45) is 2.33. The van der Waals surface area contributed by atoms with Gasteiger partial charge in [-0.15, -0.1) is 11.3 Å². The average Bonchev–Trinajstić information content (AvgIpc) is 3.02. The number of carbonyl (C=O) groups is 1. The molecular formula is C20H26N2OS. The Balaban J connectivity index is 2.04. The van der Waals surface area contributed by atoms with Crippen molar-refractivity contribution in [2.45, 2.75) is 57.9 Å². The molecule has 0 saturated carbocycles. The van der Waals surface area contributed by atoms with E-state index >= 15 is 0 Å². The monoisotopic (exact) mass is 342 g/mol. The molecule has 1 heterocycles. The number of fused-ring (bicyclic) bond motifs is 1. The Morgan fingerprint density at radius 3 is 2.38 bits per heavy atom. The highest BCUT2D eigenvalue weighted by molar-refractivity contribution is 7.09. The molecule has 0 unspecified atom stereocenters. The lowest BCUT2D eigenvalue weighted by atomic mass is 9.63. The van der Waals surface area contributed by atoms with Crippen LogP contribution in [0, 0.1) is 0 Å². The summed E-state index contributed by atoms with van der Waals surface area (Å²) in [6, 6.07) is 10.0. The minimum atomic E-state index is -0.406. The topological polar surface area (TPSA) is 46.3 Å². The number of primary amides is 1. The first-order valence-electron chi connectivity index (χ1n) is 8.45. The van der Waals surface area contributed by atoms with Crippen LogP contribution in [0.25, 0.3) is 0 Å². The van der Waals surface area contributed by atoms with Crippen molar-refractivity contribution in [1.82, 2.24) is 0 Å². The SMILES string of the molecule is CC1(C)CCC(C)(C)c2cc(N(Cc3cccs3)C(N)=O)ccc21. The highest BCUT2D eigenvalue weighted by Gasteiger charge is 2.37. The molecule has 0 saturated heterocycles. The van der Waals surface area contributed by atoms with Crippen molar-refractivity contribution in [2.24, 2.45) is 5.73 Å². The van der Waals surface area contributed by atoms with Crippen molar-refractivity contribution in [3.63, 3.8) is 0 Å². The summed E-state index contributed by atoms with van der Waals surface area (Å²) in [5.41, 5.74) is 9.59. The molecule has 128 valence electrons. The van der Waals surface area contributed by atoms with Gasteiger partial charge in [-0.25, -0.2) is 4.79 Å². The predicted octanol–water partition coefficient (Wildman–Crippen LogP) is 5.18. The lowest BCUT2D eigenvalue weighted by Gasteiger charge is -2.42. The van der Waals surface area contributed by atoms with Crippen LogP contribution in [0.1, 0.15) is 56.5 Å². The van der Waals surface area contributed by atoms with Crippen molar-refractivity contribution in [3.05, 3.63) is 51.7 Å². The number of carbonyl (C=O) groups excluding carboxylic acids is 1. The van der Waals surface area contributed by atoms with Gasteiger partial charge in [-0.1, -0.05) is 39.8 Å². The number of hydrogen-bond acceptors (Lipinski definition) is 2. The van der Waals surface area contributed by atoms with Crippen LogP contribution in [0.15, 0.2) is 35.7 Å². The average molecular weight is 343 g/mol. The molecular weight excluding hydrogens is 316 g/mol. The molecule has 0 radical (unpaired) electrons. The van der Waals surface area contributed by atoms with Gasteiger partial charge in [0.2, 0.25) is 0 Å². The first-order valence-corrected chi connectivity index (χ1v) is 9.33. The number of hydrogen-bond donors (Lipinski definition) is 1. The molecule has 0 spiro atoms. The number of amides is 2. The minimum Gasteiger partial charge on any atom is -0.351 e. The Morgan fingerprint density at radius 1 is 1.12 bits per heavy atom. The summed E-state index contributed by atoms with van der Waals surface area (Å²) in [5.74, 6) is 0. The number of nitrogens with zero attached hydrogens (tertiary/aromatic N) is 1. The quantitative estimate of drug-likeness (QED) is 0.820. The molecule has 24 heavy (non-hydrogen) atoms. The van der Waals surface area contributed by atoms with E-state index in [0.717, 1.165) is 17.0 Å². The zero-order valence-corrected chi connectivity index (χ0v) is 15.7. The summed E-state index contributed by atoms with van der Waals surface area (Å²) < 4.78 is 0. The molecule has 2 N–H and O–H groups in total. The van der Waals surface area contributed by atoms with Crippen LogP contribution in [0.5, 0.6) is 0 Å². The van der Waals surface area contributed by atoms with Crippen LogP contribution >= 0.6 is 11.3 Å². The predicted molar refractivity (Wildman–Crippen MR) is 102 cm³/mol. The normalized spacial score (nSPS) is 18.0. The van der Waals surface area contributed by atoms with Gasteiger partial charge < -0.3 is 5.73 Å². The second-order valence-corrected chi connectivity index (χ2v) is 9.03. The van der Waals surface area contributed by atoms with Gasteiger partial charge in [0.1, 0.15) is 0 Å². The summed E-state index contributed by atoms with van der Waals surface area (Å²) in [4.78, 5) is 14.8. The van der Waals surface area contributed by atoms with Crippen LogP contribution in [-0.2, 0) is 17.4 Å². The third-order valence-corrected chi connectivity index (χ3v) is 6.17. The first-order chi connectivity index (χ1) is 11.2. The molecule has 0 bridgehead atoms. The van der Waals surface area contributed by atoms with Crippen molar-refractivity contribution >= 4 is 23.1 Å².